The quantitative estimate of drug-likeness (QED) is 0.730. The average Bonchev–Trinajstić information content (AvgIpc) is 3.04. The van der Waals surface area contributed by atoms with Crippen LogP contribution in [0.1, 0.15) is 35.8 Å². The molecule has 0 aliphatic carbocycles. The molecule has 0 saturated carbocycles. The first-order valence-corrected chi connectivity index (χ1v) is 8.17. The molecule has 26 heavy (non-hydrogen) atoms. The van der Waals surface area contributed by atoms with Gasteiger partial charge in [-0.25, -0.2) is 4.68 Å². The summed E-state index contributed by atoms with van der Waals surface area (Å²) >= 11 is 0. The number of nitrogens with zero attached hydrogens (tertiary/aromatic N) is 3. The van der Waals surface area contributed by atoms with Crippen molar-refractivity contribution in [1.82, 2.24) is 20.3 Å². The molecule has 1 heterocycles. The van der Waals surface area contributed by atoms with E-state index in [1.165, 1.54) is 12.1 Å². The summed E-state index contributed by atoms with van der Waals surface area (Å²) in [6.07, 6.45) is 0. The second-order valence-corrected chi connectivity index (χ2v) is 5.75. The molecule has 0 bridgehead atoms. The van der Waals surface area contributed by atoms with Gasteiger partial charge in [0.2, 0.25) is 0 Å². The Bertz CT molecular complexity index is 909. The maximum atomic E-state index is 12.5. The van der Waals surface area contributed by atoms with Crippen LogP contribution in [0, 0.1) is 0 Å². The Morgan fingerprint density at radius 1 is 1.23 bits per heavy atom. The van der Waals surface area contributed by atoms with E-state index < -0.39 is 6.61 Å². The number of rotatable bonds is 6. The normalized spacial score (nSPS) is 12.3. The molecule has 6 nitrogen and oxygen atoms in total. The number of nitrogens with one attached hydrogen (secondary N) is 1. The number of amides is 1. The van der Waals surface area contributed by atoms with E-state index >= 15 is 0 Å². The van der Waals surface area contributed by atoms with Crippen molar-refractivity contribution in [3.05, 3.63) is 53.6 Å². The van der Waals surface area contributed by atoms with Crippen LogP contribution in [-0.2, 0) is 6.54 Å². The van der Waals surface area contributed by atoms with Crippen LogP contribution >= 0.6 is 0 Å². The van der Waals surface area contributed by atoms with Crippen LogP contribution in [-0.4, -0.2) is 27.5 Å². The lowest BCUT2D eigenvalue weighted by molar-refractivity contribution is -0.0498. The van der Waals surface area contributed by atoms with Gasteiger partial charge in [0.1, 0.15) is 11.3 Å². The highest BCUT2D eigenvalue weighted by atomic mass is 19.3. The van der Waals surface area contributed by atoms with Gasteiger partial charge < -0.3 is 10.1 Å². The van der Waals surface area contributed by atoms with Crippen LogP contribution in [0.5, 0.6) is 5.75 Å². The Morgan fingerprint density at radius 2 is 1.96 bits per heavy atom. The zero-order chi connectivity index (χ0) is 18.7. The van der Waals surface area contributed by atoms with E-state index in [0.29, 0.717) is 17.6 Å². The number of carbonyl (C=O) groups is 1. The molecule has 0 aliphatic heterocycles. The molecule has 8 heteroatoms. The van der Waals surface area contributed by atoms with E-state index in [1.54, 1.807) is 28.9 Å². The smallest absolute Gasteiger partial charge is 0.387 e. The van der Waals surface area contributed by atoms with Crippen molar-refractivity contribution in [2.45, 2.75) is 33.0 Å². The lowest BCUT2D eigenvalue weighted by atomic mass is 10.1. The number of hydrogen-bond acceptors (Lipinski definition) is 4. The number of halogens is 2. The van der Waals surface area contributed by atoms with Gasteiger partial charge in [-0.15, -0.1) is 5.10 Å². The Labute approximate surface area is 148 Å². The van der Waals surface area contributed by atoms with Crippen molar-refractivity contribution in [2.75, 3.05) is 0 Å². The number of benzene rings is 2. The van der Waals surface area contributed by atoms with Crippen molar-refractivity contribution < 1.29 is 18.3 Å². The molecule has 3 aromatic rings. The molecule has 1 amide bonds. The van der Waals surface area contributed by atoms with Crippen molar-refractivity contribution in [1.29, 1.82) is 0 Å². The van der Waals surface area contributed by atoms with Gasteiger partial charge in [0.15, 0.2) is 0 Å². The first-order chi connectivity index (χ1) is 12.5. The summed E-state index contributed by atoms with van der Waals surface area (Å²) in [6, 6.07) is 11.1. The standard InChI is InChI=1S/C18H18F2N4O2/c1-3-24-16-9-6-13(10-15(16)22-23-24)17(25)21-11(2)12-4-7-14(8-5-12)26-18(19)20/h4-11,18H,3H2,1-2H3,(H,21,25). The Morgan fingerprint density at radius 3 is 2.62 bits per heavy atom. The minimum Gasteiger partial charge on any atom is -0.435 e. The summed E-state index contributed by atoms with van der Waals surface area (Å²) in [5.41, 5.74) is 2.77. The molecule has 0 aliphatic rings. The summed E-state index contributed by atoms with van der Waals surface area (Å²) in [5, 5.41) is 11.0. The lowest BCUT2D eigenvalue weighted by Crippen LogP contribution is -2.26. The molecule has 0 saturated heterocycles. The predicted molar refractivity (Wildman–Crippen MR) is 92.2 cm³/mol. The highest BCUT2D eigenvalue weighted by molar-refractivity contribution is 5.97. The molecule has 136 valence electrons. The molecule has 0 fully saturated rings. The Kier molecular flexibility index (Phi) is 5.11. The summed E-state index contributed by atoms with van der Waals surface area (Å²) in [5.74, 6) is -0.176. The first-order valence-electron chi connectivity index (χ1n) is 8.17. The Hall–Kier alpha value is -3.03. The number of aryl methyl sites for hydroxylation is 1. The molecule has 2 aromatic carbocycles. The molecule has 1 atom stereocenters. The fourth-order valence-electron chi connectivity index (χ4n) is 2.65. The van der Waals surface area contributed by atoms with Gasteiger partial charge >= 0.3 is 6.61 Å². The van der Waals surface area contributed by atoms with Crippen molar-refractivity contribution >= 4 is 16.9 Å². The van der Waals surface area contributed by atoms with E-state index in [1.807, 2.05) is 19.9 Å². The van der Waals surface area contributed by atoms with Crippen molar-refractivity contribution in [2.24, 2.45) is 0 Å². The molecule has 0 spiro atoms. The number of alkyl halides is 2. The van der Waals surface area contributed by atoms with E-state index in [9.17, 15) is 13.6 Å². The number of carbonyl (C=O) groups excluding carboxylic acids is 1. The van der Waals surface area contributed by atoms with Gasteiger partial charge in [-0.3, -0.25) is 4.79 Å². The SMILES string of the molecule is CCn1nnc2cc(C(=O)NC(C)c3ccc(OC(F)F)cc3)ccc21. The highest BCUT2D eigenvalue weighted by Gasteiger charge is 2.14. The van der Waals surface area contributed by atoms with E-state index in [2.05, 4.69) is 20.4 Å². The summed E-state index contributed by atoms with van der Waals surface area (Å²) in [7, 11) is 0. The van der Waals surface area contributed by atoms with E-state index in [0.717, 1.165) is 11.1 Å². The lowest BCUT2D eigenvalue weighted by Gasteiger charge is -2.15. The molecule has 0 radical (unpaired) electrons. The van der Waals surface area contributed by atoms with Gasteiger partial charge in [0.05, 0.1) is 11.6 Å². The third-order valence-corrected chi connectivity index (χ3v) is 4.03. The van der Waals surface area contributed by atoms with Crippen LogP contribution in [0.2, 0.25) is 0 Å². The van der Waals surface area contributed by atoms with Gasteiger partial charge in [-0.2, -0.15) is 8.78 Å². The van der Waals surface area contributed by atoms with Gasteiger partial charge in [-0.1, -0.05) is 17.3 Å². The van der Waals surface area contributed by atoms with Crippen LogP contribution in [0.25, 0.3) is 11.0 Å². The van der Waals surface area contributed by atoms with Gasteiger partial charge in [0, 0.05) is 12.1 Å². The van der Waals surface area contributed by atoms with Crippen molar-refractivity contribution in [3.63, 3.8) is 0 Å². The number of ether oxygens (including phenoxy) is 1. The fourth-order valence-corrected chi connectivity index (χ4v) is 2.65. The first kappa shape index (κ1) is 17.8. The minimum atomic E-state index is -2.86. The predicted octanol–water partition coefficient (Wildman–Crippen LogP) is 3.54. The molecule has 1 N–H and O–H groups in total. The van der Waals surface area contributed by atoms with Crippen LogP contribution in [0.4, 0.5) is 8.78 Å². The minimum absolute atomic E-state index is 0.0757. The topological polar surface area (TPSA) is 69.0 Å². The summed E-state index contributed by atoms with van der Waals surface area (Å²) < 4.78 is 30.4. The average molecular weight is 360 g/mol. The maximum Gasteiger partial charge on any atom is 0.387 e. The van der Waals surface area contributed by atoms with Crippen molar-refractivity contribution in [3.8, 4) is 5.75 Å². The zero-order valence-electron chi connectivity index (χ0n) is 14.3. The van der Waals surface area contributed by atoms with Crippen LogP contribution < -0.4 is 10.1 Å². The summed E-state index contributed by atoms with van der Waals surface area (Å²) in [6.45, 7) is 1.61. The number of hydrogen-bond donors (Lipinski definition) is 1. The second kappa shape index (κ2) is 7.47. The summed E-state index contributed by atoms with van der Waals surface area (Å²) in [4.78, 5) is 12.5. The number of fused-ring (bicyclic) bond motifs is 1. The van der Waals surface area contributed by atoms with Gasteiger partial charge in [0.25, 0.3) is 5.91 Å². The van der Waals surface area contributed by atoms with Crippen LogP contribution in [0.15, 0.2) is 42.5 Å². The molecule has 1 unspecified atom stereocenters. The van der Waals surface area contributed by atoms with Crippen LogP contribution in [0.3, 0.4) is 0 Å². The monoisotopic (exact) mass is 360 g/mol. The third kappa shape index (κ3) is 3.79. The second-order valence-electron chi connectivity index (χ2n) is 5.75. The van der Waals surface area contributed by atoms with E-state index in [-0.39, 0.29) is 17.7 Å². The Balaban J connectivity index is 1.70. The maximum absolute atomic E-state index is 12.5. The molecule has 1 aromatic heterocycles. The molecular formula is C18H18F2N4O2. The third-order valence-electron chi connectivity index (χ3n) is 4.03. The highest BCUT2D eigenvalue weighted by Crippen LogP contribution is 2.20. The fraction of sp³-hybridized carbons (Fsp3) is 0.278. The molecule has 3 rings (SSSR count). The van der Waals surface area contributed by atoms with Gasteiger partial charge in [-0.05, 0) is 49.7 Å². The molecular weight excluding hydrogens is 342 g/mol. The van der Waals surface area contributed by atoms with E-state index in [4.69, 9.17) is 0 Å². The number of aromatic nitrogens is 3. The largest absolute Gasteiger partial charge is 0.435 e. The zero-order valence-corrected chi connectivity index (χ0v) is 14.3.